The van der Waals surface area contributed by atoms with Gasteiger partial charge in [0, 0.05) is 18.7 Å². The number of nitrogens with two attached hydrogens (primary N) is 1. The van der Waals surface area contributed by atoms with Gasteiger partial charge in [-0.1, -0.05) is 6.07 Å². The lowest BCUT2D eigenvalue weighted by Gasteiger charge is -2.14. The summed E-state index contributed by atoms with van der Waals surface area (Å²) in [5.74, 6) is 0.210. The van der Waals surface area contributed by atoms with E-state index in [0.717, 1.165) is 19.5 Å². The van der Waals surface area contributed by atoms with Crippen LogP contribution < -0.4 is 11.1 Å². The van der Waals surface area contributed by atoms with Crippen LogP contribution in [0.2, 0.25) is 0 Å². The van der Waals surface area contributed by atoms with Crippen LogP contribution in [0.3, 0.4) is 0 Å². The monoisotopic (exact) mass is 257 g/mol. The number of nitrogen functional groups attached to an aromatic ring is 1. The third-order valence-corrected chi connectivity index (χ3v) is 3.18. The number of nitriles is 1. The number of anilines is 2. The molecule has 0 radical (unpaired) electrons. The van der Waals surface area contributed by atoms with Crippen molar-refractivity contribution < 1.29 is 4.39 Å². The van der Waals surface area contributed by atoms with Gasteiger partial charge >= 0.3 is 0 Å². The summed E-state index contributed by atoms with van der Waals surface area (Å²) >= 11 is 0. The predicted octanol–water partition coefficient (Wildman–Crippen LogP) is 1.96. The minimum atomic E-state index is -0.500. The van der Waals surface area contributed by atoms with Gasteiger partial charge in [0.1, 0.15) is 29.0 Å². The van der Waals surface area contributed by atoms with Crippen LogP contribution in [0.5, 0.6) is 0 Å². The van der Waals surface area contributed by atoms with Crippen molar-refractivity contribution in [2.45, 2.75) is 13.0 Å². The van der Waals surface area contributed by atoms with Gasteiger partial charge in [-0.15, -0.1) is 0 Å². The SMILES string of the molecule is N#Cc1c(-c2ccc(N)c(F)c2)nn2c1NCCC2. The Kier molecular flexibility index (Phi) is 2.60. The standard InChI is InChI=1S/C13H12FN5/c14-10-6-8(2-3-11(10)16)12-9(7-15)13-17-4-1-5-19(13)18-12/h2-3,6,17H,1,4-5,16H2. The van der Waals surface area contributed by atoms with E-state index in [0.29, 0.717) is 22.6 Å². The topological polar surface area (TPSA) is 79.7 Å². The Morgan fingerprint density at radius 3 is 3.05 bits per heavy atom. The zero-order valence-corrected chi connectivity index (χ0v) is 10.2. The average molecular weight is 257 g/mol. The molecule has 0 fully saturated rings. The smallest absolute Gasteiger partial charge is 0.146 e. The van der Waals surface area contributed by atoms with Crippen molar-refractivity contribution in [3.63, 3.8) is 0 Å². The third-order valence-electron chi connectivity index (χ3n) is 3.18. The Balaban J connectivity index is 2.17. The number of rotatable bonds is 1. The average Bonchev–Trinajstić information content (AvgIpc) is 2.80. The summed E-state index contributed by atoms with van der Waals surface area (Å²) in [6.45, 7) is 1.57. The Bertz CT molecular complexity index is 683. The fourth-order valence-electron chi connectivity index (χ4n) is 2.22. The molecule has 1 aliphatic heterocycles. The van der Waals surface area contributed by atoms with Crippen molar-refractivity contribution in [1.82, 2.24) is 9.78 Å². The highest BCUT2D eigenvalue weighted by atomic mass is 19.1. The van der Waals surface area contributed by atoms with E-state index in [-0.39, 0.29) is 5.69 Å². The maximum absolute atomic E-state index is 13.5. The second-order valence-corrected chi connectivity index (χ2v) is 4.42. The van der Waals surface area contributed by atoms with E-state index in [1.807, 2.05) is 0 Å². The van der Waals surface area contributed by atoms with Crippen LogP contribution in [-0.2, 0) is 6.54 Å². The first kappa shape index (κ1) is 11.5. The number of hydrogen-bond donors (Lipinski definition) is 2. The van der Waals surface area contributed by atoms with Crippen molar-refractivity contribution in [3.05, 3.63) is 29.6 Å². The van der Waals surface area contributed by atoms with Gasteiger partial charge < -0.3 is 11.1 Å². The van der Waals surface area contributed by atoms with Gasteiger partial charge in [-0.05, 0) is 18.6 Å². The summed E-state index contributed by atoms with van der Waals surface area (Å²) < 4.78 is 15.3. The largest absolute Gasteiger partial charge is 0.396 e. The third kappa shape index (κ3) is 1.80. The normalized spacial score (nSPS) is 13.5. The Morgan fingerprint density at radius 2 is 2.32 bits per heavy atom. The fourth-order valence-corrected chi connectivity index (χ4v) is 2.22. The van der Waals surface area contributed by atoms with E-state index < -0.39 is 5.82 Å². The summed E-state index contributed by atoms with van der Waals surface area (Å²) in [5.41, 5.74) is 7.05. The molecule has 1 aliphatic rings. The molecule has 0 spiro atoms. The molecule has 1 aromatic heterocycles. The van der Waals surface area contributed by atoms with Crippen LogP contribution in [0.4, 0.5) is 15.9 Å². The number of fused-ring (bicyclic) bond motifs is 1. The van der Waals surface area contributed by atoms with E-state index in [1.54, 1.807) is 10.7 Å². The zero-order valence-electron chi connectivity index (χ0n) is 10.2. The quantitative estimate of drug-likeness (QED) is 0.765. The minimum Gasteiger partial charge on any atom is -0.396 e. The Labute approximate surface area is 109 Å². The van der Waals surface area contributed by atoms with Crippen molar-refractivity contribution in [3.8, 4) is 17.3 Å². The van der Waals surface area contributed by atoms with E-state index in [1.165, 1.54) is 12.1 Å². The van der Waals surface area contributed by atoms with Crippen LogP contribution in [-0.4, -0.2) is 16.3 Å². The van der Waals surface area contributed by atoms with Crippen LogP contribution >= 0.6 is 0 Å². The van der Waals surface area contributed by atoms with Gasteiger partial charge in [0.15, 0.2) is 0 Å². The number of benzene rings is 1. The first-order chi connectivity index (χ1) is 9.20. The van der Waals surface area contributed by atoms with E-state index in [4.69, 9.17) is 5.73 Å². The highest BCUT2D eigenvalue weighted by molar-refractivity contribution is 5.74. The molecule has 0 atom stereocenters. The van der Waals surface area contributed by atoms with E-state index >= 15 is 0 Å². The van der Waals surface area contributed by atoms with Crippen LogP contribution in [0.25, 0.3) is 11.3 Å². The molecule has 2 aromatic rings. The molecule has 0 amide bonds. The van der Waals surface area contributed by atoms with Crippen molar-refractivity contribution in [2.24, 2.45) is 0 Å². The first-order valence-electron chi connectivity index (χ1n) is 6.01. The van der Waals surface area contributed by atoms with Gasteiger partial charge in [0.25, 0.3) is 0 Å². The van der Waals surface area contributed by atoms with Crippen molar-refractivity contribution in [1.29, 1.82) is 5.26 Å². The Morgan fingerprint density at radius 1 is 1.47 bits per heavy atom. The summed E-state index contributed by atoms with van der Waals surface area (Å²) in [4.78, 5) is 0. The number of aromatic nitrogens is 2. The molecule has 0 bridgehead atoms. The summed E-state index contributed by atoms with van der Waals surface area (Å²) in [6, 6.07) is 6.60. The molecule has 6 heteroatoms. The molecule has 1 aromatic carbocycles. The predicted molar refractivity (Wildman–Crippen MR) is 69.9 cm³/mol. The number of nitrogens with one attached hydrogen (secondary N) is 1. The fraction of sp³-hybridized carbons (Fsp3) is 0.231. The molecular formula is C13H12FN5. The highest BCUT2D eigenvalue weighted by Crippen LogP contribution is 2.31. The number of halogens is 1. The summed E-state index contributed by atoms with van der Waals surface area (Å²) in [7, 11) is 0. The lowest BCUT2D eigenvalue weighted by Crippen LogP contribution is -2.17. The molecule has 0 saturated heterocycles. The van der Waals surface area contributed by atoms with Crippen LogP contribution in [0, 0.1) is 17.1 Å². The van der Waals surface area contributed by atoms with E-state index in [9.17, 15) is 9.65 Å². The number of hydrogen-bond acceptors (Lipinski definition) is 4. The minimum absolute atomic E-state index is 0.0874. The summed E-state index contributed by atoms with van der Waals surface area (Å²) in [6.07, 6.45) is 0.953. The Hall–Kier alpha value is -2.55. The first-order valence-corrected chi connectivity index (χ1v) is 6.01. The van der Waals surface area contributed by atoms with Gasteiger partial charge in [-0.3, -0.25) is 0 Å². The molecule has 3 rings (SSSR count). The molecule has 0 unspecified atom stereocenters. The maximum atomic E-state index is 13.5. The van der Waals surface area contributed by atoms with Gasteiger partial charge in [0.05, 0.1) is 5.69 Å². The molecule has 5 nitrogen and oxygen atoms in total. The molecule has 0 aliphatic carbocycles. The number of nitrogens with zero attached hydrogens (tertiary/aromatic N) is 3. The van der Waals surface area contributed by atoms with E-state index in [2.05, 4.69) is 16.5 Å². The molecule has 3 N–H and O–H groups in total. The highest BCUT2D eigenvalue weighted by Gasteiger charge is 2.21. The number of aryl methyl sites for hydroxylation is 1. The maximum Gasteiger partial charge on any atom is 0.146 e. The molecule has 96 valence electrons. The zero-order chi connectivity index (χ0) is 13.4. The lowest BCUT2D eigenvalue weighted by atomic mass is 10.1. The van der Waals surface area contributed by atoms with Crippen molar-refractivity contribution >= 4 is 11.5 Å². The van der Waals surface area contributed by atoms with Gasteiger partial charge in [-0.2, -0.15) is 10.4 Å². The molecule has 0 saturated carbocycles. The van der Waals surface area contributed by atoms with Crippen LogP contribution in [0.1, 0.15) is 12.0 Å². The van der Waals surface area contributed by atoms with Gasteiger partial charge in [0.2, 0.25) is 0 Å². The lowest BCUT2D eigenvalue weighted by molar-refractivity contribution is 0.569. The van der Waals surface area contributed by atoms with Gasteiger partial charge in [-0.25, -0.2) is 9.07 Å². The molecule has 19 heavy (non-hydrogen) atoms. The summed E-state index contributed by atoms with van der Waals surface area (Å²) in [5, 5.41) is 16.8. The van der Waals surface area contributed by atoms with Crippen molar-refractivity contribution in [2.75, 3.05) is 17.6 Å². The second-order valence-electron chi connectivity index (χ2n) is 4.42. The van der Waals surface area contributed by atoms with Crippen LogP contribution in [0.15, 0.2) is 18.2 Å². The second kappa shape index (κ2) is 4.28. The molecule has 2 heterocycles. The molecular weight excluding hydrogens is 245 g/mol.